The summed E-state index contributed by atoms with van der Waals surface area (Å²) in [5, 5.41) is 17.4. The van der Waals surface area contributed by atoms with E-state index >= 15 is 0 Å². The molecule has 0 atom stereocenters. The fourth-order valence-corrected chi connectivity index (χ4v) is 3.94. The number of thiophene rings is 1. The summed E-state index contributed by atoms with van der Waals surface area (Å²) in [4.78, 5) is 6.83. The average Bonchev–Trinajstić information content (AvgIpc) is 3.02. The van der Waals surface area contributed by atoms with Gasteiger partial charge in [-0.05, 0) is 11.4 Å². The molecule has 3 aromatic heterocycles. The quantitative estimate of drug-likeness (QED) is 0.808. The van der Waals surface area contributed by atoms with Crippen LogP contribution < -0.4 is 0 Å². The summed E-state index contributed by atoms with van der Waals surface area (Å²) >= 11 is 3.33. The molecule has 0 aliphatic heterocycles. The van der Waals surface area contributed by atoms with Crippen LogP contribution in [0.25, 0.3) is 4.96 Å². The minimum absolute atomic E-state index is 0.0318. The van der Waals surface area contributed by atoms with Gasteiger partial charge in [-0.1, -0.05) is 38.2 Å². The number of imidazole rings is 1. The van der Waals surface area contributed by atoms with Crippen molar-refractivity contribution >= 4 is 27.6 Å². The highest BCUT2D eigenvalue weighted by atomic mass is 32.1. The maximum atomic E-state index is 9.64. The number of aliphatic hydroxyl groups is 1. The van der Waals surface area contributed by atoms with Gasteiger partial charge in [0.25, 0.3) is 0 Å². The second-order valence-electron chi connectivity index (χ2n) is 5.76. The van der Waals surface area contributed by atoms with Gasteiger partial charge in [0.2, 0.25) is 4.96 Å². The zero-order chi connectivity index (χ0) is 14.3. The smallest absolute Gasteiger partial charge is 0.212 e. The molecular weight excluding hydrogens is 290 g/mol. The molecule has 0 unspecified atom stereocenters. The van der Waals surface area contributed by atoms with Gasteiger partial charge in [0.1, 0.15) is 5.01 Å². The van der Waals surface area contributed by atoms with Crippen LogP contribution in [0.1, 0.15) is 42.0 Å². The fraction of sp³-hybridized carbons (Fsp3) is 0.429. The number of rotatable bonds is 3. The number of nitrogens with zero attached hydrogens (tertiary/aromatic N) is 3. The van der Waals surface area contributed by atoms with Gasteiger partial charge in [0.15, 0.2) is 0 Å². The highest BCUT2D eigenvalue weighted by molar-refractivity contribution is 7.17. The number of aliphatic hydroxyl groups excluding tert-OH is 1. The van der Waals surface area contributed by atoms with Crippen molar-refractivity contribution < 1.29 is 5.11 Å². The van der Waals surface area contributed by atoms with Gasteiger partial charge in [-0.2, -0.15) is 5.10 Å². The SMILES string of the molecule is CC(C)(C)c1nc2sc(Cc3cccs3)nn2c1CO. The van der Waals surface area contributed by atoms with Crippen molar-refractivity contribution in [3.05, 3.63) is 38.8 Å². The summed E-state index contributed by atoms with van der Waals surface area (Å²) < 4.78 is 1.80. The van der Waals surface area contributed by atoms with Crippen molar-refractivity contribution in [1.29, 1.82) is 0 Å². The van der Waals surface area contributed by atoms with E-state index in [2.05, 4.69) is 48.4 Å². The first-order valence-corrected chi connectivity index (χ1v) is 8.19. The average molecular weight is 307 g/mol. The molecule has 0 aliphatic rings. The normalized spacial score (nSPS) is 12.4. The Hall–Kier alpha value is -1.24. The van der Waals surface area contributed by atoms with Crippen molar-refractivity contribution in [2.24, 2.45) is 0 Å². The molecule has 0 fully saturated rings. The van der Waals surface area contributed by atoms with E-state index in [1.807, 2.05) is 0 Å². The summed E-state index contributed by atoms with van der Waals surface area (Å²) in [6, 6.07) is 4.16. The van der Waals surface area contributed by atoms with Crippen molar-refractivity contribution in [3.63, 3.8) is 0 Å². The number of fused-ring (bicyclic) bond motifs is 1. The number of hydrogen-bond acceptors (Lipinski definition) is 5. The lowest BCUT2D eigenvalue weighted by Gasteiger charge is -2.16. The Morgan fingerprint density at radius 3 is 2.75 bits per heavy atom. The van der Waals surface area contributed by atoms with E-state index in [1.165, 1.54) is 4.88 Å². The largest absolute Gasteiger partial charge is 0.390 e. The molecule has 0 aromatic carbocycles. The van der Waals surface area contributed by atoms with Crippen molar-refractivity contribution in [3.8, 4) is 0 Å². The first-order valence-electron chi connectivity index (χ1n) is 6.50. The van der Waals surface area contributed by atoms with Gasteiger partial charge < -0.3 is 5.11 Å². The Bertz CT molecular complexity index is 720. The zero-order valence-corrected chi connectivity index (χ0v) is 13.4. The molecule has 0 aliphatic carbocycles. The van der Waals surface area contributed by atoms with Crippen molar-refractivity contribution in [2.75, 3.05) is 0 Å². The van der Waals surface area contributed by atoms with E-state index in [1.54, 1.807) is 27.2 Å². The van der Waals surface area contributed by atoms with E-state index in [0.717, 1.165) is 27.8 Å². The first kappa shape index (κ1) is 13.7. The third-order valence-electron chi connectivity index (χ3n) is 3.10. The van der Waals surface area contributed by atoms with Gasteiger partial charge in [0, 0.05) is 16.7 Å². The summed E-state index contributed by atoms with van der Waals surface area (Å²) in [6.45, 7) is 6.28. The molecule has 20 heavy (non-hydrogen) atoms. The molecule has 0 spiro atoms. The van der Waals surface area contributed by atoms with Crippen LogP contribution >= 0.6 is 22.7 Å². The van der Waals surface area contributed by atoms with Crippen LogP contribution in [0.15, 0.2) is 17.5 Å². The van der Waals surface area contributed by atoms with E-state index < -0.39 is 0 Å². The van der Waals surface area contributed by atoms with E-state index in [0.29, 0.717) is 0 Å². The Kier molecular flexibility index (Phi) is 3.40. The Morgan fingerprint density at radius 1 is 1.35 bits per heavy atom. The lowest BCUT2D eigenvalue weighted by Crippen LogP contribution is -2.15. The van der Waals surface area contributed by atoms with Crippen LogP contribution in [0, 0.1) is 0 Å². The molecule has 106 valence electrons. The topological polar surface area (TPSA) is 50.4 Å². The van der Waals surface area contributed by atoms with Gasteiger partial charge in [-0.3, -0.25) is 0 Å². The monoisotopic (exact) mass is 307 g/mol. The second-order valence-corrected chi connectivity index (χ2v) is 7.83. The highest BCUT2D eigenvalue weighted by Crippen LogP contribution is 2.29. The Morgan fingerprint density at radius 2 is 2.15 bits per heavy atom. The Balaban J connectivity index is 2.02. The molecule has 3 rings (SSSR count). The summed E-state index contributed by atoms with van der Waals surface area (Å²) in [6.07, 6.45) is 0.835. The molecule has 3 aromatic rings. The van der Waals surface area contributed by atoms with Crippen molar-refractivity contribution in [1.82, 2.24) is 14.6 Å². The van der Waals surface area contributed by atoms with Crippen LogP contribution in [0.3, 0.4) is 0 Å². The van der Waals surface area contributed by atoms with E-state index in [9.17, 15) is 5.11 Å². The molecule has 4 nitrogen and oxygen atoms in total. The minimum Gasteiger partial charge on any atom is -0.390 e. The van der Waals surface area contributed by atoms with Crippen molar-refractivity contribution in [2.45, 2.75) is 39.2 Å². The molecule has 0 saturated carbocycles. The molecule has 0 amide bonds. The summed E-state index contributed by atoms with van der Waals surface area (Å²) in [7, 11) is 0. The van der Waals surface area contributed by atoms with Crippen LogP contribution in [-0.4, -0.2) is 19.7 Å². The van der Waals surface area contributed by atoms with Gasteiger partial charge in [-0.25, -0.2) is 9.50 Å². The van der Waals surface area contributed by atoms with Crippen LogP contribution in [0.2, 0.25) is 0 Å². The molecule has 0 saturated heterocycles. The third kappa shape index (κ3) is 2.39. The minimum atomic E-state index is -0.0839. The number of aromatic nitrogens is 3. The maximum absolute atomic E-state index is 9.64. The lowest BCUT2D eigenvalue weighted by atomic mass is 9.91. The van der Waals surface area contributed by atoms with E-state index in [-0.39, 0.29) is 12.0 Å². The molecule has 3 heterocycles. The van der Waals surface area contributed by atoms with Gasteiger partial charge >= 0.3 is 0 Å². The first-order chi connectivity index (χ1) is 9.49. The van der Waals surface area contributed by atoms with Gasteiger partial charge in [0.05, 0.1) is 18.0 Å². The molecule has 0 bridgehead atoms. The fourth-order valence-electron chi connectivity index (χ4n) is 2.21. The standard InChI is InChI=1S/C14H17N3OS2/c1-14(2,3)12-10(8-18)17-13(15-12)20-11(16-17)7-9-5-4-6-19-9/h4-6,18H,7-8H2,1-3H3. The van der Waals surface area contributed by atoms with Crippen LogP contribution in [0.5, 0.6) is 0 Å². The predicted molar refractivity (Wildman–Crippen MR) is 82.6 cm³/mol. The highest BCUT2D eigenvalue weighted by Gasteiger charge is 2.25. The predicted octanol–water partition coefficient (Wildman–Crippen LogP) is 3.23. The molecule has 0 radical (unpaired) electrons. The summed E-state index contributed by atoms with van der Waals surface area (Å²) in [5.74, 6) is 0. The lowest BCUT2D eigenvalue weighted by molar-refractivity contribution is 0.270. The van der Waals surface area contributed by atoms with Crippen LogP contribution in [0.4, 0.5) is 0 Å². The van der Waals surface area contributed by atoms with Gasteiger partial charge in [-0.15, -0.1) is 11.3 Å². The van der Waals surface area contributed by atoms with Crippen LogP contribution in [-0.2, 0) is 18.4 Å². The molecule has 6 heteroatoms. The zero-order valence-electron chi connectivity index (χ0n) is 11.8. The Labute approximate surface area is 125 Å². The second kappa shape index (κ2) is 4.95. The summed E-state index contributed by atoms with van der Waals surface area (Å²) in [5.41, 5.74) is 1.65. The van der Waals surface area contributed by atoms with E-state index in [4.69, 9.17) is 0 Å². The molecule has 1 N–H and O–H groups in total. The maximum Gasteiger partial charge on any atom is 0.212 e. The molecular formula is C14H17N3OS2. The third-order valence-corrected chi connectivity index (χ3v) is 4.89. The number of hydrogen-bond donors (Lipinski definition) is 1.